The first-order valence-corrected chi connectivity index (χ1v) is 8.32. The summed E-state index contributed by atoms with van der Waals surface area (Å²) in [5.41, 5.74) is 9.08. The third-order valence-corrected chi connectivity index (χ3v) is 4.31. The molecule has 2 aromatic carbocycles. The fourth-order valence-corrected chi connectivity index (χ4v) is 3.10. The lowest BCUT2D eigenvalue weighted by molar-refractivity contribution is -0.256. The smallest absolute Gasteiger partial charge is 0.359 e. The van der Waals surface area contributed by atoms with E-state index in [1.807, 2.05) is 54.7 Å². The molecule has 136 valence electrons. The number of carbonyl (C=O) groups excluding carboxylic acids is 1. The fourth-order valence-electron chi connectivity index (χ4n) is 3.10. The van der Waals surface area contributed by atoms with Gasteiger partial charge in [0.1, 0.15) is 11.8 Å². The number of hydrogen-bond donors (Lipinski definition) is 1. The molecular weight excluding hydrogens is 332 g/mol. The van der Waals surface area contributed by atoms with E-state index in [0.717, 1.165) is 27.8 Å². The van der Waals surface area contributed by atoms with Crippen molar-refractivity contribution in [1.82, 2.24) is 4.57 Å². The summed E-state index contributed by atoms with van der Waals surface area (Å²) in [5, 5.41) is 1.06. The van der Waals surface area contributed by atoms with Crippen LogP contribution in [0, 0.1) is 0 Å². The van der Waals surface area contributed by atoms with Gasteiger partial charge in [-0.3, -0.25) is 4.89 Å². The van der Waals surface area contributed by atoms with E-state index in [0.29, 0.717) is 13.0 Å². The summed E-state index contributed by atoms with van der Waals surface area (Å²) >= 11 is 0. The van der Waals surface area contributed by atoms with Crippen LogP contribution in [0.1, 0.15) is 11.1 Å². The quantitative estimate of drug-likeness (QED) is 0.521. The van der Waals surface area contributed by atoms with Crippen LogP contribution in [0.4, 0.5) is 0 Å². The Balaban J connectivity index is 1.93. The molecule has 0 amide bonds. The molecule has 0 aliphatic heterocycles. The monoisotopic (exact) mass is 354 g/mol. The molecule has 6 nitrogen and oxygen atoms in total. The highest BCUT2D eigenvalue weighted by molar-refractivity contribution is 5.85. The maximum Gasteiger partial charge on any atom is 0.359 e. The second kappa shape index (κ2) is 8.03. The minimum atomic E-state index is -0.791. The molecule has 1 heterocycles. The topological polar surface area (TPSA) is 75.7 Å². The lowest BCUT2D eigenvalue weighted by atomic mass is 10.1. The Morgan fingerprint density at radius 2 is 1.81 bits per heavy atom. The molecular formula is C20H22N2O4. The Kier molecular flexibility index (Phi) is 5.55. The maximum atomic E-state index is 11.8. The Hall–Kier alpha value is -2.83. The average molecular weight is 354 g/mol. The van der Waals surface area contributed by atoms with Crippen LogP contribution in [0.5, 0.6) is 5.75 Å². The molecule has 1 atom stereocenters. The molecule has 0 bridgehead atoms. The molecule has 2 N–H and O–H groups in total. The Morgan fingerprint density at radius 3 is 2.58 bits per heavy atom. The first-order valence-electron chi connectivity index (χ1n) is 8.32. The van der Waals surface area contributed by atoms with E-state index in [1.54, 1.807) is 7.11 Å². The van der Waals surface area contributed by atoms with E-state index in [4.69, 9.17) is 10.5 Å². The summed E-state index contributed by atoms with van der Waals surface area (Å²) in [6.07, 6.45) is 2.39. The summed E-state index contributed by atoms with van der Waals surface area (Å²) in [5.74, 6) is 0.251. The number of carbonyl (C=O) groups is 1. The van der Waals surface area contributed by atoms with Gasteiger partial charge in [-0.15, -0.1) is 0 Å². The van der Waals surface area contributed by atoms with Crippen LogP contribution in [-0.2, 0) is 27.5 Å². The summed E-state index contributed by atoms with van der Waals surface area (Å²) in [6.45, 7) is 0.655. The van der Waals surface area contributed by atoms with Gasteiger partial charge in [0.2, 0.25) is 0 Å². The predicted molar refractivity (Wildman–Crippen MR) is 98.8 cm³/mol. The molecule has 3 aromatic rings. The van der Waals surface area contributed by atoms with Crippen molar-refractivity contribution >= 4 is 16.9 Å². The van der Waals surface area contributed by atoms with Gasteiger partial charge in [-0.05, 0) is 17.7 Å². The standard InChI is InChI=1S/C20H22N2O4/c1-24-19-10-6-3-7-14(19)12-22-13-15(11-17(21)20(23)26-25-2)16-8-4-5-9-18(16)22/h3-10,13,17H,11-12,21H2,1-2H3/t17-/m0/s1. The number of nitrogens with zero attached hydrogens (tertiary/aromatic N) is 1. The van der Waals surface area contributed by atoms with Crippen molar-refractivity contribution in [3.05, 3.63) is 65.9 Å². The van der Waals surface area contributed by atoms with E-state index in [1.165, 1.54) is 7.11 Å². The van der Waals surface area contributed by atoms with Crippen molar-refractivity contribution in [2.75, 3.05) is 14.2 Å². The van der Waals surface area contributed by atoms with E-state index in [2.05, 4.69) is 14.3 Å². The third-order valence-electron chi connectivity index (χ3n) is 4.31. The van der Waals surface area contributed by atoms with Gasteiger partial charge in [0.25, 0.3) is 0 Å². The van der Waals surface area contributed by atoms with Gasteiger partial charge in [0.15, 0.2) is 0 Å². The molecule has 0 radical (unpaired) electrons. The van der Waals surface area contributed by atoms with Crippen LogP contribution < -0.4 is 10.5 Å². The molecule has 6 heteroatoms. The van der Waals surface area contributed by atoms with Gasteiger partial charge in [-0.2, -0.15) is 4.89 Å². The van der Waals surface area contributed by atoms with Crippen molar-refractivity contribution in [2.45, 2.75) is 19.0 Å². The van der Waals surface area contributed by atoms with Crippen molar-refractivity contribution in [1.29, 1.82) is 0 Å². The van der Waals surface area contributed by atoms with Crippen molar-refractivity contribution in [2.24, 2.45) is 5.73 Å². The molecule has 3 rings (SSSR count). The van der Waals surface area contributed by atoms with Gasteiger partial charge < -0.3 is 15.0 Å². The Bertz CT molecular complexity index is 904. The van der Waals surface area contributed by atoms with Crippen LogP contribution in [0.3, 0.4) is 0 Å². The van der Waals surface area contributed by atoms with Gasteiger partial charge in [0, 0.05) is 29.1 Å². The van der Waals surface area contributed by atoms with E-state index in [9.17, 15) is 4.79 Å². The van der Waals surface area contributed by atoms with Crippen LogP contribution in [0.15, 0.2) is 54.7 Å². The summed E-state index contributed by atoms with van der Waals surface area (Å²) in [4.78, 5) is 20.7. The summed E-state index contributed by atoms with van der Waals surface area (Å²) in [7, 11) is 2.95. The van der Waals surface area contributed by atoms with Gasteiger partial charge >= 0.3 is 5.97 Å². The van der Waals surface area contributed by atoms with Crippen molar-refractivity contribution in [3.8, 4) is 5.75 Å². The highest BCUT2D eigenvalue weighted by Gasteiger charge is 2.19. The number of rotatable bonds is 7. The zero-order valence-corrected chi connectivity index (χ0v) is 14.8. The largest absolute Gasteiger partial charge is 0.496 e. The number of para-hydroxylation sites is 2. The van der Waals surface area contributed by atoms with Crippen LogP contribution in [0.25, 0.3) is 10.9 Å². The molecule has 0 fully saturated rings. The molecule has 0 saturated carbocycles. The van der Waals surface area contributed by atoms with Gasteiger partial charge in [0.05, 0.1) is 20.8 Å². The first-order chi connectivity index (χ1) is 12.6. The maximum absolute atomic E-state index is 11.8. The number of fused-ring (bicyclic) bond motifs is 1. The highest BCUT2D eigenvalue weighted by atomic mass is 17.2. The van der Waals surface area contributed by atoms with E-state index < -0.39 is 12.0 Å². The van der Waals surface area contributed by atoms with E-state index in [-0.39, 0.29) is 0 Å². The molecule has 0 aliphatic rings. The second-order valence-corrected chi connectivity index (χ2v) is 5.99. The number of aromatic nitrogens is 1. The van der Waals surface area contributed by atoms with E-state index >= 15 is 0 Å². The van der Waals surface area contributed by atoms with Crippen molar-refractivity contribution < 1.29 is 19.3 Å². The van der Waals surface area contributed by atoms with Crippen LogP contribution in [0.2, 0.25) is 0 Å². The normalized spacial score (nSPS) is 12.1. The SMILES string of the molecule is COOC(=O)[C@@H](N)Cc1cn(Cc2ccccc2OC)c2ccccc12. The minimum absolute atomic E-state index is 0.363. The molecule has 0 spiro atoms. The lowest BCUT2D eigenvalue weighted by Crippen LogP contribution is -2.34. The van der Waals surface area contributed by atoms with Gasteiger partial charge in [-0.25, -0.2) is 4.79 Å². The minimum Gasteiger partial charge on any atom is -0.496 e. The van der Waals surface area contributed by atoms with Crippen LogP contribution >= 0.6 is 0 Å². The Morgan fingerprint density at radius 1 is 1.08 bits per heavy atom. The number of benzene rings is 2. The molecule has 1 aromatic heterocycles. The summed E-state index contributed by atoms with van der Waals surface area (Å²) in [6, 6.07) is 15.2. The fraction of sp³-hybridized carbons (Fsp3) is 0.250. The lowest BCUT2D eigenvalue weighted by Gasteiger charge is -2.10. The second-order valence-electron chi connectivity index (χ2n) is 5.99. The first kappa shape index (κ1) is 18.0. The number of nitrogens with two attached hydrogens (primary N) is 1. The zero-order valence-electron chi connectivity index (χ0n) is 14.8. The highest BCUT2D eigenvalue weighted by Crippen LogP contribution is 2.26. The molecule has 0 unspecified atom stereocenters. The average Bonchev–Trinajstić information content (AvgIpc) is 3.00. The number of ether oxygens (including phenoxy) is 1. The van der Waals surface area contributed by atoms with Crippen LogP contribution in [-0.4, -0.2) is 30.8 Å². The third kappa shape index (κ3) is 3.71. The Labute approximate surface area is 152 Å². The number of methoxy groups -OCH3 is 1. The van der Waals surface area contributed by atoms with Crippen molar-refractivity contribution in [3.63, 3.8) is 0 Å². The molecule has 0 saturated heterocycles. The molecule has 26 heavy (non-hydrogen) atoms. The predicted octanol–water partition coefficient (Wildman–Crippen LogP) is 2.67. The number of hydrogen-bond acceptors (Lipinski definition) is 5. The zero-order chi connectivity index (χ0) is 18.5. The molecule has 0 aliphatic carbocycles. The summed E-state index contributed by atoms with van der Waals surface area (Å²) < 4.78 is 7.59. The van der Waals surface area contributed by atoms with Gasteiger partial charge in [-0.1, -0.05) is 36.4 Å².